The van der Waals surface area contributed by atoms with E-state index in [4.69, 9.17) is 4.74 Å². The van der Waals surface area contributed by atoms with Gasteiger partial charge < -0.3 is 9.64 Å². The molecule has 124 valence electrons. The van der Waals surface area contributed by atoms with Crippen LogP contribution in [0, 0.1) is 17.0 Å². The number of hydrogen-bond acceptors (Lipinski definition) is 5. The van der Waals surface area contributed by atoms with Crippen LogP contribution in [0.4, 0.5) is 11.4 Å². The fourth-order valence-corrected chi connectivity index (χ4v) is 2.98. The maximum Gasteiger partial charge on any atom is 0.274 e. The summed E-state index contributed by atoms with van der Waals surface area (Å²) >= 11 is 0. The van der Waals surface area contributed by atoms with Crippen molar-refractivity contribution < 1.29 is 14.5 Å². The number of rotatable bonds is 3. The first-order valence-corrected chi connectivity index (χ1v) is 7.62. The smallest absolute Gasteiger partial charge is 0.274 e. The van der Waals surface area contributed by atoms with Crippen molar-refractivity contribution in [2.75, 3.05) is 18.6 Å². The molecule has 2 aromatic rings. The Bertz CT molecular complexity index is 819. The minimum absolute atomic E-state index is 0.0546. The number of methoxy groups -OCH3 is 1. The summed E-state index contributed by atoms with van der Waals surface area (Å²) in [6.07, 6.45) is 1.25. The molecule has 3 rings (SSSR count). The first-order valence-electron chi connectivity index (χ1n) is 7.62. The number of amides is 1. The van der Waals surface area contributed by atoms with Crippen LogP contribution < -0.4 is 9.64 Å². The Balaban J connectivity index is 2.05. The SMILES string of the molecule is COc1nc(C)ccc1C(=O)N1CCCc2c1cccc2[N+](=O)[O-]. The molecule has 0 spiro atoms. The van der Waals surface area contributed by atoms with Crippen molar-refractivity contribution in [1.82, 2.24) is 4.98 Å². The second-order valence-corrected chi connectivity index (χ2v) is 5.60. The number of benzene rings is 1. The lowest BCUT2D eigenvalue weighted by atomic mass is 9.99. The molecule has 1 aliphatic rings. The molecule has 0 unspecified atom stereocenters. The second kappa shape index (κ2) is 6.27. The Labute approximate surface area is 139 Å². The molecule has 7 nitrogen and oxygen atoms in total. The van der Waals surface area contributed by atoms with Gasteiger partial charge in [0.05, 0.1) is 23.3 Å². The van der Waals surface area contributed by atoms with E-state index in [9.17, 15) is 14.9 Å². The molecule has 24 heavy (non-hydrogen) atoms. The molecule has 1 amide bonds. The van der Waals surface area contributed by atoms with Gasteiger partial charge in [-0.3, -0.25) is 14.9 Å². The van der Waals surface area contributed by atoms with E-state index >= 15 is 0 Å². The van der Waals surface area contributed by atoms with Crippen LogP contribution >= 0.6 is 0 Å². The van der Waals surface area contributed by atoms with E-state index in [1.165, 1.54) is 13.2 Å². The van der Waals surface area contributed by atoms with E-state index in [1.54, 1.807) is 29.2 Å². The second-order valence-electron chi connectivity index (χ2n) is 5.60. The van der Waals surface area contributed by atoms with Crippen molar-refractivity contribution in [3.8, 4) is 5.88 Å². The molecule has 0 radical (unpaired) electrons. The van der Waals surface area contributed by atoms with Crippen LogP contribution in [0.5, 0.6) is 5.88 Å². The summed E-state index contributed by atoms with van der Waals surface area (Å²) in [5.41, 5.74) is 2.34. The Morgan fingerprint density at radius 2 is 2.12 bits per heavy atom. The molecule has 0 N–H and O–H groups in total. The van der Waals surface area contributed by atoms with Crippen LogP contribution in [-0.4, -0.2) is 29.5 Å². The summed E-state index contributed by atoms with van der Waals surface area (Å²) < 4.78 is 5.22. The zero-order valence-corrected chi connectivity index (χ0v) is 13.5. The highest BCUT2D eigenvalue weighted by molar-refractivity contribution is 6.08. The highest BCUT2D eigenvalue weighted by atomic mass is 16.6. The van der Waals surface area contributed by atoms with Gasteiger partial charge in [0.1, 0.15) is 5.56 Å². The Kier molecular flexibility index (Phi) is 4.16. The fraction of sp³-hybridized carbons (Fsp3) is 0.294. The first-order chi connectivity index (χ1) is 11.5. The van der Waals surface area contributed by atoms with Crippen LogP contribution in [0.15, 0.2) is 30.3 Å². The summed E-state index contributed by atoms with van der Waals surface area (Å²) in [5.74, 6) is -0.00153. The first kappa shape index (κ1) is 15.9. The van der Waals surface area contributed by atoms with Gasteiger partial charge in [0.15, 0.2) is 0 Å². The highest BCUT2D eigenvalue weighted by Gasteiger charge is 2.30. The predicted octanol–water partition coefficient (Wildman–Crippen LogP) is 2.90. The third kappa shape index (κ3) is 2.68. The lowest BCUT2D eigenvalue weighted by molar-refractivity contribution is -0.385. The molecule has 0 saturated heterocycles. The Morgan fingerprint density at radius 1 is 1.33 bits per heavy atom. The van der Waals surface area contributed by atoms with Gasteiger partial charge >= 0.3 is 0 Å². The van der Waals surface area contributed by atoms with Crippen molar-refractivity contribution in [2.45, 2.75) is 19.8 Å². The molecule has 0 bridgehead atoms. The molecule has 1 aromatic carbocycles. The third-order valence-corrected chi connectivity index (χ3v) is 4.09. The zero-order valence-electron chi connectivity index (χ0n) is 13.5. The van der Waals surface area contributed by atoms with Crippen molar-refractivity contribution in [3.05, 3.63) is 57.3 Å². The maximum atomic E-state index is 13.0. The lowest BCUT2D eigenvalue weighted by Gasteiger charge is -2.29. The average molecular weight is 327 g/mol. The summed E-state index contributed by atoms with van der Waals surface area (Å²) in [4.78, 5) is 29.6. The van der Waals surface area contributed by atoms with Gasteiger partial charge in [0.2, 0.25) is 5.88 Å². The summed E-state index contributed by atoms with van der Waals surface area (Å²) in [6, 6.07) is 8.24. The van der Waals surface area contributed by atoms with E-state index < -0.39 is 4.92 Å². The predicted molar refractivity (Wildman–Crippen MR) is 88.6 cm³/mol. The van der Waals surface area contributed by atoms with Crippen molar-refractivity contribution in [2.24, 2.45) is 0 Å². The minimum Gasteiger partial charge on any atom is -0.480 e. The minimum atomic E-state index is -0.402. The molecule has 0 aliphatic carbocycles. The molecule has 2 heterocycles. The van der Waals surface area contributed by atoms with E-state index in [1.807, 2.05) is 6.92 Å². The molecule has 1 aromatic heterocycles. The van der Waals surface area contributed by atoms with Crippen LogP contribution in [0.3, 0.4) is 0 Å². The summed E-state index contributed by atoms with van der Waals surface area (Å²) in [5, 5.41) is 11.2. The largest absolute Gasteiger partial charge is 0.480 e. The summed E-state index contributed by atoms with van der Waals surface area (Å²) in [6.45, 7) is 2.32. The number of hydrogen-bond donors (Lipinski definition) is 0. The number of fused-ring (bicyclic) bond motifs is 1. The molecule has 0 atom stereocenters. The zero-order chi connectivity index (χ0) is 17.3. The van der Waals surface area contributed by atoms with Gasteiger partial charge in [-0.25, -0.2) is 4.98 Å². The van der Waals surface area contributed by atoms with Gasteiger partial charge in [-0.2, -0.15) is 0 Å². The number of nitro benzene ring substituents is 1. The molecule has 1 aliphatic heterocycles. The van der Waals surface area contributed by atoms with Crippen molar-refractivity contribution >= 4 is 17.3 Å². The van der Waals surface area contributed by atoms with Crippen LogP contribution in [0.25, 0.3) is 0 Å². The topological polar surface area (TPSA) is 85.6 Å². The van der Waals surface area contributed by atoms with E-state index in [0.29, 0.717) is 36.2 Å². The number of pyridine rings is 1. The number of carbonyl (C=O) groups is 1. The molecular weight excluding hydrogens is 310 g/mol. The van der Waals surface area contributed by atoms with Gasteiger partial charge in [-0.05, 0) is 38.0 Å². The van der Waals surface area contributed by atoms with Gasteiger partial charge in [0.25, 0.3) is 11.6 Å². The van der Waals surface area contributed by atoms with Gasteiger partial charge in [0, 0.05) is 18.3 Å². The maximum absolute atomic E-state index is 13.0. The van der Waals surface area contributed by atoms with Crippen LogP contribution in [0.2, 0.25) is 0 Å². The Hall–Kier alpha value is -2.96. The standard InChI is InChI=1S/C17H17N3O4/c1-11-8-9-13(16(18-11)24-2)17(21)19-10-4-5-12-14(19)6-3-7-15(12)20(22)23/h3,6-9H,4-5,10H2,1-2H3. The number of aromatic nitrogens is 1. The highest BCUT2D eigenvalue weighted by Crippen LogP contribution is 2.35. The molecule has 0 fully saturated rings. The molecular formula is C17H17N3O4. The molecule has 0 saturated carbocycles. The van der Waals surface area contributed by atoms with E-state index in [0.717, 1.165) is 5.69 Å². The number of ether oxygens (including phenoxy) is 1. The lowest BCUT2D eigenvalue weighted by Crippen LogP contribution is -2.36. The fourth-order valence-electron chi connectivity index (χ4n) is 2.98. The van der Waals surface area contributed by atoms with E-state index in [-0.39, 0.29) is 17.5 Å². The van der Waals surface area contributed by atoms with Gasteiger partial charge in [-0.1, -0.05) is 6.07 Å². The average Bonchev–Trinajstić information content (AvgIpc) is 2.59. The van der Waals surface area contributed by atoms with Crippen LogP contribution in [-0.2, 0) is 6.42 Å². The quantitative estimate of drug-likeness (QED) is 0.639. The van der Waals surface area contributed by atoms with Crippen molar-refractivity contribution in [3.63, 3.8) is 0 Å². The Morgan fingerprint density at radius 3 is 2.83 bits per heavy atom. The van der Waals surface area contributed by atoms with Gasteiger partial charge in [-0.15, -0.1) is 0 Å². The molecule has 7 heteroatoms. The number of aryl methyl sites for hydroxylation is 1. The van der Waals surface area contributed by atoms with E-state index in [2.05, 4.69) is 4.98 Å². The summed E-state index contributed by atoms with van der Waals surface area (Å²) in [7, 11) is 1.47. The van der Waals surface area contributed by atoms with Crippen molar-refractivity contribution in [1.29, 1.82) is 0 Å². The van der Waals surface area contributed by atoms with Crippen LogP contribution in [0.1, 0.15) is 28.0 Å². The number of anilines is 1. The number of nitro groups is 1. The number of nitrogens with zero attached hydrogens (tertiary/aromatic N) is 3. The third-order valence-electron chi connectivity index (χ3n) is 4.09. The monoisotopic (exact) mass is 327 g/mol. The number of carbonyl (C=O) groups excluding carboxylic acids is 1. The normalized spacial score (nSPS) is 13.3.